The number of benzene rings is 1. The monoisotopic (exact) mass is 286 g/mol. The van der Waals surface area contributed by atoms with Gasteiger partial charge in [-0.25, -0.2) is 0 Å². The lowest BCUT2D eigenvalue weighted by molar-refractivity contribution is 0.106. The third-order valence-electron chi connectivity index (χ3n) is 5.48. The van der Waals surface area contributed by atoms with Crippen LogP contribution >= 0.6 is 0 Å². The van der Waals surface area contributed by atoms with Crippen LogP contribution in [0.1, 0.15) is 51.1 Å². The predicted octanol–water partition coefficient (Wildman–Crippen LogP) is 3.85. The lowest BCUT2D eigenvalue weighted by Gasteiger charge is -2.42. The van der Waals surface area contributed by atoms with Crippen LogP contribution in [0.5, 0.6) is 0 Å². The Morgan fingerprint density at radius 3 is 2.67 bits per heavy atom. The van der Waals surface area contributed by atoms with Gasteiger partial charge in [0.1, 0.15) is 0 Å². The van der Waals surface area contributed by atoms with Crippen molar-refractivity contribution in [3.63, 3.8) is 0 Å². The molecular formula is C19H30N2. The largest absolute Gasteiger partial charge is 0.311 e. The molecule has 1 aliphatic carbocycles. The van der Waals surface area contributed by atoms with Crippen LogP contribution in [-0.2, 0) is 0 Å². The highest BCUT2D eigenvalue weighted by molar-refractivity contribution is 5.20. The first-order valence-electron chi connectivity index (χ1n) is 8.80. The second-order valence-corrected chi connectivity index (χ2v) is 7.05. The zero-order valence-corrected chi connectivity index (χ0v) is 13.6. The van der Waals surface area contributed by atoms with Crippen LogP contribution in [-0.4, -0.2) is 30.6 Å². The molecule has 3 atom stereocenters. The molecule has 3 rings (SSSR count). The third kappa shape index (κ3) is 3.87. The zero-order chi connectivity index (χ0) is 14.7. The van der Waals surface area contributed by atoms with Gasteiger partial charge in [0.25, 0.3) is 0 Å². The summed E-state index contributed by atoms with van der Waals surface area (Å²) in [6.45, 7) is 8.29. The Labute approximate surface area is 129 Å². The van der Waals surface area contributed by atoms with Gasteiger partial charge in [-0.1, -0.05) is 63.4 Å². The van der Waals surface area contributed by atoms with E-state index < -0.39 is 0 Å². The van der Waals surface area contributed by atoms with Crippen LogP contribution in [0.4, 0.5) is 0 Å². The fourth-order valence-corrected chi connectivity index (χ4v) is 3.51. The van der Waals surface area contributed by atoms with Gasteiger partial charge >= 0.3 is 0 Å². The van der Waals surface area contributed by atoms with Crippen LogP contribution in [0.3, 0.4) is 0 Å². The molecule has 3 unspecified atom stereocenters. The summed E-state index contributed by atoms with van der Waals surface area (Å²) in [6.07, 6.45) is 5.61. The predicted molar refractivity (Wildman–Crippen MR) is 89.3 cm³/mol. The van der Waals surface area contributed by atoms with E-state index in [1.54, 1.807) is 0 Å². The van der Waals surface area contributed by atoms with E-state index in [9.17, 15) is 0 Å². The SMILES string of the molecule is CCC(C)C1CN(CCC2CC2)C(c2ccccc2)CN1. The molecule has 1 aliphatic heterocycles. The van der Waals surface area contributed by atoms with Gasteiger partial charge < -0.3 is 5.32 Å². The van der Waals surface area contributed by atoms with Crippen molar-refractivity contribution in [3.05, 3.63) is 35.9 Å². The highest BCUT2D eigenvalue weighted by Crippen LogP contribution is 2.34. The summed E-state index contributed by atoms with van der Waals surface area (Å²) >= 11 is 0. The normalized spacial score (nSPS) is 28.5. The highest BCUT2D eigenvalue weighted by atomic mass is 15.2. The van der Waals surface area contributed by atoms with Crippen molar-refractivity contribution in [2.45, 2.75) is 51.6 Å². The minimum atomic E-state index is 0.560. The van der Waals surface area contributed by atoms with Crippen molar-refractivity contribution in [1.82, 2.24) is 10.2 Å². The number of rotatable bonds is 6. The lowest BCUT2D eigenvalue weighted by atomic mass is 9.93. The molecule has 1 N–H and O–H groups in total. The fraction of sp³-hybridized carbons (Fsp3) is 0.684. The summed E-state index contributed by atoms with van der Waals surface area (Å²) in [6, 6.07) is 12.3. The zero-order valence-electron chi connectivity index (χ0n) is 13.6. The van der Waals surface area contributed by atoms with Gasteiger partial charge in [-0.15, -0.1) is 0 Å². The van der Waals surface area contributed by atoms with Crippen LogP contribution < -0.4 is 5.32 Å². The quantitative estimate of drug-likeness (QED) is 0.854. The molecule has 1 saturated carbocycles. The van der Waals surface area contributed by atoms with Crippen molar-refractivity contribution in [3.8, 4) is 0 Å². The molecule has 1 aromatic rings. The minimum Gasteiger partial charge on any atom is -0.311 e. The first kappa shape index (κ1) is 15.1. The molecule has 2 aliphatic rings. The molecule has 0 radical (unpaired) electrons. The van der Waals surface area contributed by atoms with Crippen LogP contribution in [0.15, 0.2) is 30.3 Å². The second-order valence-electron chi connectivity index (χ2n) is 7.05. The van der Waals surface area contributed by atoms with Crippen molar-refractivity contribution < 1.29 is 0 Å². The van der Waals surface area contributed by atoms with Crippen molar-refractivity contribution in [2.24, 2.45) is 11.8 Å². The van der Waals surface area contributed by atoms with E-state index in [0.717, 1.165) is 18.4 Å². The first-order valence-corrected chi connectivity index (χ1v) is 8.80. The smallest absolute Gasteiger partial charge is 0.0473 e. The van der Waals surface area contributed by atoms with Crippen LogP contribution in [0.2, 0.25) is 0 Å². The van der Waals surface area contributed by atoms with E-state index in [1.807, 2.05) is 0 Å². The Hall–Kier alpha value is -0.860. The molecule has 2 fully saturated rings. The molecule has 1 saturated heterocycles. The number of nitrogens with one attached hydrogen (secondary N) is 1. The molecule has 2 nitrogen and oxygen atoms in total. The van der Waals surface area contributed by atoms with Gasteiger partial charge in [-0.3, -0.25) is 4.90 Å². The van der Waals surface area contributed by atoms with Gasteiger partial charge in [0.05, 0.1) is 0 Å². The summed E-state index contributed by atoms with van der Waals surface area (Å²) in [4.78, 5) is 2.75. The van der Waals surface area contributed by atoms with E-state index in [-0.39, 0.29) is 0 Å². The Morgan fingerprint density at radius 2 is 2.00 bits per heavy atom. The van der Waals surface area contributed by atoms with Crippen molar-refractivity contribution in [2.75, 3.05) is 19.6 Å². The van der Waals surface area contributed by atoms with Gasteiger partial charge in [-0.2, -0.15) is 0 Å². The van der Waals surface area contributed by atoms with Gasteiger partial charge in [0.15, 0.2) is 0 Å². The van der Waals surface area contributed by atoms with Crippen molar-refractivity contribution >= 4 is 0 Å². The highest BCUT2D eigenvalue weighted by Gasteiger charge is 2.32. The molecule has 116 valence electrons. The lowest BCUT2D eigenvalue weighted by Crippen LogP contribution is -2.54. The Bertz CT molecular complexity index is 426. The fourth-order valence-electron chi connectivity index (χ4n) is 3.51. The maximum atomic E-state index is 3.81. The average molecular weight is 286 g/mol. The van der Waals surface area contributed by atoms with Gasteiger partial charge in [-0.05, 0) is 30.4 Å². The molecule has 0 amide bonds. The van der Waals surface area contributed by atoms with E-state index in [2.05, 4.69) is 54.4 Å². The van der Waals surface area contributed by atoms with Crippen LogP contribution in [0, 0.1) is 11.8 Å². The summed E-state index contributed by atoms with van der Waals surface area (Å²) in [5.41, 5.74) is 1.48. The molecule has 2 heteroatoms. The summed E-state index contributed by atoms with van der Waals surface area (Å²) in [5.74, 6) is 1.79. The molecule has 0 spiro atoms. The number of nitrogens with zero attached hydrogens (tertiary/aromatic N) is 1. The Balaban J connectivity index is 1.68. The molecule has 0 bridgehead atoms. The standard InChI is InChI=1S/C19H30N2/c1-3-15(2)18-14-21(12-11-16-9-10-16)19(13-20-18)17-7-5-4-6-8-17/h4-8,15-16,18-20H,3,9-14H2,1-2H3. The molecular weight excluding hydrogens is 256 g/mol. The number of hydrogen-bond acceptors (Lipinski definition) is 2. The number of piperazine rings is 1. The molecule has 0 aromatic heterocycles. The van der Waals surface area contributed by atoms with E-state index in [1.165, 1.54) is 44.3 Å². The first-order chi connectivity index (χ1) is 10.3. The molecule has 1 aromatic carbocycles. The van der Waals surface area contributed by atoms with E-state index in [0.29, 0.717) is 12.1 Å². The summed E-state index contributed by atoms with van der Waals surface area (Å²) in [5, 5.41) is 3.81. The average Bonchev–Trinajstić information content (AvgIpc) is 3.37. The van der Waals surface area contributed by atoms with Crippen molar-refractivity contribution in [1.29, 1.82) is 0 Å². The summed E-state index contributed by atoms with van der Waals surface area (Å²) in [7, 11) is 0. The van der Waals surface area contributed by atoms with Crippen LogP contribution in [0.25, 0.3) is 0 Å². The Morgan fingerprint density at radius 1 is 1.24 bits per heavy atom. The van der Waals surface area contributed by atoms with Gasteiger partial charge in [0.2, 0.25) is 0 Å². The summed E-state index contributed by atoms with van der Waals surface area (Å²) < 4.78 is 0. The Kier molecular flexibility index (Phi) is 4.97. The number of hydrogen-bond donors (Lipinski definition) is 1. The van der Waals surface area contributed by atoms with E-state index in [4.69, 9.17) is 0 Å². The topological polar surface area (TPSA) is 15.3 Å². The molecule has 21 heavy (non-hydrogen) atoms. The minimum absolute atomic E-state index is 0.560. The van der Waals surface area contributed by atoms with E-state index >= 15 is 0 Å². The maximum absolute atomic E-state index is 3.81. The third-order valence-corrected chi connectivity index (χ3v) is 5.48. The maximum Gasteiger partial charge on any atom is 0.0473 e. The second kappa shape index (κ2) is 6.93. The molecule has 1 heterocycles. The van der Waals surface area contributed by atoms with Gasteiger partial charge in [0, 0.05) is 25.2 Å².